The molecular weight excluding hydrogens is 348 g/mol. The lowest BCUT2D eigenvalue weighted by molar-refractivity contribution is -0.134. The Labute approximate surface area is 158 Å². The van der Waals surface area contributed by atoms with Crippen LogP contribution in [0.15, 0.2) is 18.2 Å². The molecule has 1 aromatic rings. The third-order valence-corrected chi connectivity index (χ3v) is 5.21. The van der Waals surface area contributed by atoms with Crippen molar-refractivity contribution in [2.24, 2.45) is 0 Å². The van der Waals surface area contributed by atoms with Gasteiger partial charge in [0.1, 0.15) is 6.04 Å². The second-order valence-corrected chi connectivity index (χ2v) is 7.27. The van der Waals surface area contributed by atoms with Gasteiger partial charge in [0.05, 0.1) is 17.5 Å². The van der Waals surface area contributed by atoms with Crippen molar-refractivity contribution in [3.8, 4) is 0 Å². The van der Waals surface area contributed by atoms with E-state index < -0.39 is 11.9 Å². The molecule has 0 radical (unpaired) electrons. The van der Waals surface area contributed by atoms with E-state index in [1.165, 1.54) is 4.90 Å². The number of benzene rings is 1. The Morgan fingerprint density at radius 3 is 2.44 bits per heavy atom. The van der Waals surface area contributed by atoms with Crippen LogP contribution in [0.2, 0.25) is 0 Å². The Kier molecular flexibility index (Phi) is 5.65. The molecule has 2 N–H and O–H groups in total. The third kappa shape index (κ3) is 4.05. The van der Waals surface area contributed by atoms with Crippen molar-refractivity contribution in [3.63, 3.8) is 0 Å². The minimum absolute atomic E-state index is 0.215. The van der Waals surface area contributed by atoms with Crippen LogP contribution < -0.4 is 20.0 Å². The van der Waals surface area contributed by atoms with Gasteiger partial charge in [-0.15, -0.1) is 0 Å². The summed E-state index contributed by atoms with van der Waals surface area (Å²) >= 11 is 0. The lowest BCUT2D eigenvalue weighted by Crippen LogP contribution is -2.52. The highest BCUT2D eigenvalue weighted by Gasteiger charge is 2.33. The lowest BCUT2D eigenvalue weighted by atomic mass is 10.0. The van der Waals surface area contributed by atoms with Gasteiger partial charge in [0.2, 0.25) is 18.2 Å². The highest BCUT2D eigenvalue weighted by atomic mass is 16.3. The molecule has 146 valence electrons. The number of hydrogen-bond acceptors (Lipinski definition) is 6. The van der Waals surface area contributed by atoms with E-state index in [4.69, 9.17) is 0 Å². The lowest BCUT2D eigenvalue weighted by Gasteiger charge is -2.35. The van der Waals surface area contributed by atoms with Crippen molar-refractivity contribution in [3.05, 3.63) is 18.2 Å². The summed E-state index contributed by atoms with van der Waals surface area (Å²) in [6.07, 6.45) is 2.39. The van der Waals surface area contributed by atoms with Gasteiger partial charge in [0.15, 0.2) is 0 Å². The molecule has 0 bridgehead atoms. The Morgan fingerprint density at radius 2 is 1.85 bits per heavy atom. The summed E-state index contributed by atoms with van der Waals surface area (Å²) in [6.45, 7) is 1.55. The Hall–Kier alpha value is -2.61. The van der Waals surface area contributed by atoms with Gasteiger partial charge in [0, 0.05) is 39.3 Å². The molecule has 0 spiro atoms. The van der Waals surface area contributed by atoms with Crippen LogP contribution in [-0.2, 0) is 14.4 Å². The first-order valence-corrected chi connectivity index (χ1v) is 9.22. The van der Waals surface area contributed by atoms with Crippen LogP contribution >= 0.6 is 0 Å². The molecule has 8 heteroatoms. The quantitative estimate of drug-likeness (QED) is 0.575. The van der Waals surface area contributed by atoms with E-state index in [-0.39, 0.29) is 18.4 Å². The van der Waals surface area contributed by atoms with Crippen LogP contribution in [0.25, 0.3) is 0 Å². The normalized spacial score (nSPS) is 21.0. The standard InChI is InChI=1S/C19H26N4O4/c1-21(2)17-11-13(22-9-7-14(25)8-10-22)3-4-15(17)23(12-24)16-5-6-18(26)20-19(16)27/h3-4,11-12,14,16,25H,5-10H2,1-2H3,(H,20,26,27). The zero-order valence-corrected chi connectivity index (χ0v) is 15.7. The molecule has 0 aromatic heterocycles. The van der Waals surface area contributed by atoms with Gasteiger partial charge < -0.3 is 19.8 Å². The van der Waals surface area contributed by atoms with Gasteiger partial charge in [-0.3, -0.25) is 19.7 Å². The monoisotopic (exact) mass is 374 g/mol. The molecule has 2 saturated heterocycles. The van der Waals surface area contributed by atoms with Crippen LogP contribution in [0.4, 0.5) is 17.1 Å². The number of aliphatic hydroxyl groups excluding tert-OH is 1. The molecule has 1 atom stereocenters. The second kappa shape index (κ2) is 7.96. The molecule has 27 heavy (non-hydrogen) atoms. The van der Waals surface area contributed by atoms with E-state index >= 15 is 0 Å². The van der Waals surface area contributed by atoms with Crippen molar-refractivity contribution in [1.29, 1.82) is 0 Å². The average molecular weight is 374 g/mol. The molecule has 1 aromatic carbocycles. The van der Waals surface area contributed by atoms with Crippen molar-refractivity contribution in [2.75, 3.05) is 41.9 Å². The Bertz CT molecular complexity index is 728. The van der Waals surface area contributed by atoms with E-state index in [1.54, 1.807) is 0 Å². The van der Waals surface area contributed by atoms with Gasteiger partial charge in [0.25, 0.3) is 0 Å². The summed E-state index contributed by atoms with van der Waals surface area (Å²) in [6, 6.07) is 5.07. The number of nitrogens with one attached hydrogen (secondary N) is 1. The second-order valence-electron chi connectivity index (χ2n) is 7.27. The number of hydrogen-bond donors (Lipinski definition) is 2. The summed E-state index contributed by atoms with van der Waals surface area (Å²) in [5.74, 6) is -0.755. The number of amides is 3. The SMILES string of the molecule is CN(C)c1cc(N2CCC(O)CC2)ccc1N(C=O)C1CCC(=O)NC1=O. The number of rotatable bonds is 5. The summed E-state index contributed by atoms with van der Waals surface area (Å²) < 4.78 is 0. The molecule has 2 heterocycles. The summed E-state index contributed by atoms with van der Waals surface area (Å²) in [5.41, 5.74) is 2.46. The molecular formula is C19H26N4O4. The molecule has 2 fully saturated rings. The summed E-state index contributed by atoms with van der Waals surface area (Å²) in [5, 5.41) is 12.0. The number of nitrogens with zero attached hydrogens (tertiary/aromatic N) is 3. The van der Waals surface area contributed by atoms with Crippen molar-refractivity contribution < 1.29 is 19.5 Å². The zero-order chi connectivity index (χ0) is 19.6. The van der Waals surface area contributed by atoms with Gasteiger partial charge in [-0.05, 0) is 37.5 Å². The first-order chi connectivity index (χ1) is 12.9. The Balaban J connectivity index is 1.90. The molecule has 1 unspecified atom stereocenters. The maximum atomic E-state index is 12.2. The number of carbonyl (C=O) groups is 3. The van der Waals surface area contributed by atoms with E-state index in [9.17, 15) is 19.5 Å². The van der Waals surface area contributed by atoms with Crippen molar-refractivity contribution >= 4 is 35.3 Å². The molecule has 2 aliphatic rings. The van der Waals surface area contributed by atoms with E-state index in [0.29, 0.717) is 18.5 Å². The first kappa shape index (κ1) is 19.2. The minimum atomic E-state index is -0.699. The fraction of sp³-hybridized carbons (Fsp3) is 0.526. The fourth-order valence-corrected chi connectivity index (χ4v) is 3.65. The predicted molar refractivity (Wildman–Crippen MR) is 103 cm³/mol. The number of piperidine rings is 2. The minimum Gasteiger partial charge on any atom is -0.393 e. The number of carbonyl (C=O) groups excluding carboxylic acids is 3. The van der Waals surface area contributed by atoms with Crippen LogP contribution in [0, 0.1) is 0 Å². The topological polar surface area (TPSA) is 93.2 Å². The maximum Gasteiger partial charge on any atom is 0.249 e. The van der Waals surface area contributed by atoms with E-state index in [2.05, 4.69) is 10.2 Å². The first-order valence-electron chi connectivity index (χ1n) is 9.22. The zero-order valence-electron chi connectivity index (χ0n) is 15.7. The molecule has 0 aliphatic carbocycles. The van der Waals surface area contributed by atoms with E-state index in [0.717, 1.165) is 37.3 Å². The third-order valence-electron chi connectivity index (χ3n) is 5.21. The van der Waals surface area contributed by atoms with Crippen LogP contribution in [0.1, 0.15) is 25.7 Å². The highest BCUT2D eigenvalue weighted by molar-refractivity contribution is 6.04. The maximum absolute atomic E-state index is 12.2. The van der Waals surface area contributed by atoms with Gasteiger partial charge in [-0.25, -0.2) is 0 Å². The molecule has 8 nitrogen and oxygen atoms in total. The fourth-order valence-electron chi connectivity index (χ4n) is 3.65. The van der Waals surface area contributed by atoms with Crippen molar-refractivity contribution in [2.45, 2.75) is 37.8 Å². The highest BCUT2D eigenvalue weighted by Crippen LogP contribution is 2.35. The number of anilines is 3. The predicted octanol–water partition coefficient (Wildman–Crippen LogP) is 0.482. The Morgan fingerprint density at radius 1 is 1.15 bits per heavy atom. The molecule has 3 amide bonds. The average Bonchev–Trinajstić information content (AvgIpc) is 2.64. The number of aliphatic hydroxyl groups is 1. The summed E-state index contributed by atoms with van der Waals surface area (Å²) in [4.78, 5) is 41.0. The van der Waals surface area contributed by atoms with Crippen LogP contribution in [0.5, 0.6) is 0 Å². The van der Waals surface area contributed by atoms with E-state index in [1.807, 2.05) is 37.2 Å². The molecule has 0 saturated carbocycles. The smallest absolute Gasteiger partial charge is 0.249 e. The van der Waals surface area contributed by atoms with Crippen LogP contribution in [-0.4, -0.2) is 62.7 Å². The summed E-state index contributed by atoms with van der Waals surface area (Å²) in [7, 11) is 3.77. The van der Waals surface area contributed by atoms with Gasteiger partial charge in [-0.2, -0.15) is 0 Å². The van der Waals surface area contributed by atoms with Gasteiger partial charge >= 0.3 is 0 Å². The largest absolute Gasteiger partial charge is 0.393 e. The van der Waals surface area contributed by atoms with Gasteiger partial charge in [-0.1, -0.05) is 0 Å². The van der Waals surface area contributed by atoms with Crippen molar-refractivity contribution in [1.82, 2.24) is 5.32 Å². The molecule has 3 rings (SSSR count). The van der Waals surface area contributed by atoms with Crippen LogP contribution in [0.3, 0.4) is 0 Å². The number of imide groups is 1. The molecule has 2 aliphatic heterocycles.